The first-order valence-corrected chi connectivity index (χ1v) is 9.03. The molecule has 1 aromatic carbocycles. The molecule has 4 aromatic rings. The molecule has 0 bridgehead atoms. The van der Waals surface area contributed by atoms with Crippen molar-refractivity contribution in [1.29, 1.82) is 0 Å². The molecule has 0 saturated carbocycles. The van der Waals surface area contributed by atoms with E-state index in [4.69, 9.17) is 4.74 Å². The van der Waals surface area contributed by atoms with Crippen LogP contribution in [0.4, 0.5) is 4.79 Å². The summed E-state index contributed by atoms with van der Waals surface area (Å²) in [6.45, 7) is 6.15. The van der Waals surface area contributed by atoms with Crippen molar-refractivity contribution in [3.63, 3.8) is 0 Å². The monoisotopic (exact) mass is 375 g/mol. The lowest BCUT2D eigenvalue weighted by Crippen LogP contribution is -2.26. The Morgan fingerprint density at radius 1 is 1.11 bits per heavy atom. The lowest BCUT2D eigenvalue weighted by Gasteiger charge is -2.19. The van der Waals surface area contributed by atoms with Gasteiger partial charge in [0.25, 0.3) is 0 Å². The van der Waals surface area contributed by atoms with Gasteiger partial charge in [-0.15, -0.1) is 5.10 Å². The number of aromatic nitrogens is 5. The predicted molar refractivity (Wildman–Crippen MR) is 106 cm³/mol. The van der Waals surface area contributed by atoms with Crippen LogP contribution in [0.25, 0.3) is 22.2 Å². The van der Waals surface area contributed by atoms with Crippen LogP contribution in [0, 0.1) is 0 Å². The zero-order valence-electron chi connectivity index (χ0n) is 16.0. The molecule has 142 valence electrons. The van der Waals surface area contributed by atoms with Crippen molar-refractivity contribution in [3.8, 4) is 11.3 Å². The molecule has 0 aliphatic carbocycles. The molecule has 0 spiro atoms. The Balaban J connectivity index is 1.71. The van der Waals surface area contributed by atoms with Gasteiger partial charge in [0.15, 0.2) is 0 Å². The van der Waals surface area contributed by atoms with Crippen molar-refractivity contribution in [2.75, 3.05) is 0 Å². The van der Waals surface area contributed by atoms with Crippen LogP contribution in [0.2, 0.25) is 0 Å². The molecule has 0 amide bonds. The van der Waals surface area contributed by atoms with Crippen LogP contribution in [0.5, 0.6) is 0 Å². The van der Waals surface area contributed by atoms with Gasteiger partial charge in [-0.2, -0.15) is 0 Å². The van der Waals surface area contributed by atoms with E-state index < -0.39 is 11.7 Å². The summed E-state index contributed by atoms with van der Waals surface area (Å²) < 4.78 is 8.80. The lowest BCUT2D eigenvalue weighted by atomic mass is 10.2. The minimum absolute atomic E-state index is 0.438. The van der Waals surface area contributed by atoms with Gasteiger partial charge in [0, 0.05) is 29.5 Å². The fourth-order valence-electron chi connectivity index (χ4n) is 3.01. The highest BCUT2D eigenvalue weighted by Crippen LogP contribution is 2.29. The van der Waals surface area contributed by atoms with Crippen LogP contribution in [0.1, 0.15) is 26.3 Å². The van der Waals surface area contributed by atoms with E-state index in [1.807, 2.05) is 57.3 Å². The summed E-state index contributed by atoms with van der Waals surface area (Å²) in [7, 11) is 0. The molecule has 0 aliphatic heterocycles. The standard InChI is InChI=1S/C21H21N5O2/c1-21(2,3)28-20(27)26-13-17(16-11-22-10-9-19(16)26)18-14-25(24-23-18)12-15-7-5-4-6-8-15/h4-11,13-14H,12H2,1-3H3. The third-order valence-electron chi connectivity index (χ3n) is 4.20. The average molecular weight is 375 g/mol. The summed E-state index contributed by atoms with van der Waals surface area (Å²) in [5.74, 6) is 0. The van der Waals surface area contributed by atoms with Gasteiger partial charge in [-0.25, -0.2) is 9.48 Å². The first kappa shape index (κ1) is 17.9. The largest absolute Gasteiger partial charge is 0.443 e. The lowest BCUT2D eigenvalue weighted by molar-refractivity contribution is 0.0544. The van der Waals surface area contributed by atoms with Crippen molar-refractivity contribution >= 4 is 17.0 Å². The second-order valence-corrected chi connectivity index (χ2v) is 7.57. The summed E-state index contributed by atoms with van der Waals surface area (Å²) >= 11 is 0. The van der Waals surface area contributed by atoms with Gasteiger partial charge in [-0.3, -0.25) is 9.55 Å². The van der Waals surface area contributed by atoms with E-state index in [0.29, 0.717) is 12.2 Å². The number of benzene rings is 1. The SMILES string of the molecule is CC(C)(C)OC(=O)n1cc(-c2cn(Cc3ccccc3)nn2)c2cnccc21. The quantitative estimate of drug-likeness (QED) is 0.538. The van der Waals surface area contributed by atoms with Crippen molar-refractivity contribution in [3.05, 3.63) is 66.7 Å². The minimum atomic E-state index is -0.584. The molecule has 0 fully saturated rings. The molecular formula is C21H21N5O2. The van der Waals surface area contributed by atoms with Gasteiger partial charge < -0.3 is 4.74 Å². The van der Waals surface area contributed by atoms with Gasteiger partial charge in [0.2, 0.25) is 0 Å². The van der Waals surface area contributed by atoms with Gasteiger partial charge >= 0.3 is 6.09 Å². The number of ether oxygens (including phenoxy) is 1. The van der Waals surface area contributed by atoms with Crippen LogP contribution >= 0.6 is 0 Å². The smallest absolute Gasteiger partial charge is 0.419 e. The number of hydrogen-bond acceptors (Lipinski definition) is 5. The molecule has 4 rings (SSSR count). The molecule has 3 heterocycles. The Labute approximate surface area is 162 Å². The highest BCUT2D eigenvalue weighted by Gasteiger charge is 2.22. The second-order valence-electron chi connectivity index (χ2n) is 7.57. The van der Waals surface area contributed by atoms with E-state index in [9.17, 15) is 4.79 Å². The number of fused-ring (bicyclic) bond motifs is 1. The zero-order valence-corrected chi connectivity index (χ0v) is 16.0. The number of pyridine rings is 1. The van der Waals surface area contributed by atoms with Gasteiger partial charge in [-0.05, 0) is 32.4 Å². The number of nitrogens with zero attached hydrogens (tertiary/aromatic N) is 5. The van der Waals surface area contributed by atoms with Crippen LogP contribution in [0.3, 0.4) is 0 Å². The average Bonchev–Trinajstić information content (AvgIpc) is 3.25. The minimum Gasteiger partial charge on any atom is -0.443 e. The third-order valence-corrected chi connectivity index (χ3v) is 4.20. The highest BCUT2D eigenvalue weighted by molar-refractivity contribution is 5.99. The van der Waals surface area contributed by atoms with Gasteiger partial charge in [0.05, 0.1) is 18.3 Å². The summed E-state index contributed by atoms with van der Waals surface area (Å²) in [5.41, 5.74) is 2.73. The third kappa shape index (κ3) is 3.64. The Morgan fingerprint density at radius 2 is 1.89 bits per heavy atom. The number of carbonyl (C=O) groups excluding carboxylic acids is 1. The van der Waals surface area contributed by atoms with Crippen LogP contribution < -0.4 is 0 Å². The van der Waals surface area contributed by atoms with Crippen molar-refractivity contribution in [2.24, 2.45) is 0 Å². The van der Waals surface area contributed by atoms with E-state index in [1.165, 1.54) is 4.57 Å². The van der Waals surface area contributed by atoms with Crippen molar-refractivity contribution in [2.45, 2.75) is 32.9 Å². The molecule has 0 atom stereocenters. The molecule has 3 aromatic heterocycles. The Kier molecular flexibility index (Phi) is 4.43. The van der Waals surface area contributed by atoms with Gasteiger partial charge in [0.1, 0.15) is 11.3 Å². The molecule has 0 aliphatic rings. The van der Waals surface area contributed by atoms with Crippen LogP contribution in [-0.2, 0) is 11.3 Å². The van der Waals surface area contributed by atoms with E-state index in [1.54, 1.807) is 29.3 Å². The predicted octanol–water partition coefficient (Wildman–Crippen LogP) is 4.13. The van der Waals surface area contributed by atoms with Gasteiger partial charge in [-0.1, -0.05) is 35.5 Å². The number of rotatable bonds is 3. The summed E-state index contributed by atoms with van der Waals surface area (Å²) in [6, 6.07) is 11.8. The molecule has 0 unspecified atom stereocenters. The Hall–Kier alpha value is -3.48. The maximum absolute atomic E-state index is 12.6. The number of hydrogen-bond donors (Lipinski definition) is 0. The fourth-order valence-corrected chi connectivity index (χ4v) is 3.01. The summed E-state index contributed by atoms with van der Waals surface area (Å²) in [5, 5.41) is 9.35. The van der Waals surface area contributed by atoms with Crippen LogP contribution in [-0.4, -0.2) is 36.2 Å². The van der Waals surface area contributed by atoms with E-state index in [0.717, 1.165) is 22.0 Å². The number of carbonyl (C=O) groups is 1. The zero-order chi connectivity index (χ0) is 19.7. The van der Waals surface area contributed by atoms with Crippen molar-refractivity contribution < 1.29 is 9.53 Å². The summed E-state index contributed by atoms with van der Waals surface area (Å²) in [6.07, 6.45) is 6.54. The van der Waals surface area contributed by atoms with Crippen molar-refractivity contribution in [1.82, 2.24) is 24.5 Å². The topological polar surface area (TPSA) is 74.8 Å². The Bertz CT molecular complexity index is 1120. The fraction of sp³-hybridized carbons (Fsp3) is 0.238. The molecule has 7 heteroatoms. The molecular weight excluding hydrogens is 354 g/mol. The Morgan fingerprint density at radius 3 is 2.64 bits per heavy atom. The highest BCUT2D eigenvalue weighted by atomic mass is 16.6. The van der Waals surface area contributed by atoms with E-state index in [-0.39, 0.29) is 0 Å². The molecule has 7 nitrogen and oxygen atoms in total. The second kappa shape index (κ2) is 6.92. The van der Waals surface area contributed by atoms with Crippen LogP contribution in [0.15, 0.2) is 61.2 Å². The normalized spacial score (nSPS) is 11.7. The molecule has 0 saturated heterocycles. The summed E-state index contributed by atoms with van der Waals surface area (Å²) in [4.78, 5) is 16.8. The maximum Gasteiger partial charge on any atom is 0.419 e. The first-order valence-electron chi connectivity index (χ1n) is 9.03. The first-order chi connectivity index (χ1) is 13.4. The maximum atomic E-state index is 12.6. The molecule has 28 heavy (non-hydrogen) atoms. The molecule has 0 N–H and O–H groups in total. The van der Waals surface area contributed by atoms with E-state index in [2.05, 4.69) is 15.3 Å². The van der Waals surface area contributed by atoms with E-state index >= 15 is 0 Å². The molecule has 0 radical (unpaired) electrons.